The number of nitrogens with one attached hydrogen (secondary N) is 4. The van der Waals surface area contributed by atoms with E-state index in [0.717, 1.165) is 17.7 Å². The SMILES string of the molecule is CNS(=O)(=O)CCNc1ccc(-c2ccc(S(F)(F)(F)(F)F)cc2)cc1C(=N)/C=C\NCc1cccnc1. The number of sulfonamides is 1. The fourth-order valence-corrected chi connectivity index (χ4v) is 4.56. The summed E-state index contributed by atoms with van der Waals surface area (Å²) in [5.41, 5.74) is 2.25. The Hall–Kier alpha value is -3.49. The molecule has 38 heavy (non-hydrogen) atoms. The Morgan fingerprint density at radius 3 is 2.32 bits per heavy atom. The topological polar surface area (TPSA) is 107 Å². The zero-order valence-corrected chi connectivity index (χ0v) is 21.7. The number of aromatic nitrogens is 1. The summed E-state index contributed by atoms with van der Waals surface area (Å²) in [7, 11) is -12.0. The second-order valence-corrected chi connectivity index (χ2v) is 12.6. The summed E-state index contributed by atoms with van der Waals surface area (Å²) in [6.07, 6.45) is 6.32. The summed E-state index contributed by atoms with van der Waals surface area (Å²) >= 11 is 0. The maximum atomic E-state index is 13.1. The molecule has 3 rings (SSSR count). The van der Waals surface area contributed by atoms with Gasteiger partial charge in [-0.1, -0.05) is 43.7 Å². The number of benzene rings is 2. The van der Waals surface area contributed by atoms with Crippen LogP contribution in [0.4, 0.5) is 25.1 Å². The van der Waals surface area contributed by atoms with E-state index in [0.29, 0.717) is 35.5 Å². The molecule has 206 valence electrons. The van der Waals surface area contributed by atoms with Gasteiger partial charge in [-0.3, -0.25) is 4.98 Å². The van der Waals surface area contributed by atoms with Crippen molar-refractivity contribution >= 4 is 31.6 Å². The van der Waals surface area contributed by atoms with Gasteiger partial charge in [-0.05, 0) is 66.3 Å². The second kappa shape index (κ2) is 10.3. The zero-order valence-electron chi connectivity index (χ0n) is 20.1. The molecule has 0 spiro atoms. The first kappa shape index (κ1) is 29.1. The quantitative estimate of drug-likeness (QED) is 0.156. The van der Waals surface area contributed by atoms with Crippen LogP contribution in [0.2, 0.25) is 0 Å². The first-order valence-corrected chi connectivity index (χ1v) is 14.7. The van der Waals surface area contributed by atoms with Gasteiger partial charge in [-0.25, -0.2) is 13.1 Å². The van der Waals surface area contributed by atoms with Crippen molar-refractivity contribution in [2.45, 2.75) is 11.4 Å². The van der Waals surface area contributed by atoms with Crippen molar-refractivity contribution in [3.05, 3.63) is 90.4 Å². The second-order valence-electron chi connectivity index (χ2n) is 8.19. The first-order chi connectivity index (χ1) is 17.6. The van der Waals surface area contributed by atoms with Gasteiger partial charge in [0.15, 0.2) is 0 Å². The summed E-state index contributed by atoms with van der Waals surface area (Å²) in [5, 5.41) is 14.5. The lowest BCUT2D eigenvalue weighted by atomic mass is 9.99. The molecule has 0 aliphatic carbocycles. The Morgan fingerprint density at radius 2 is 1.71 bits per heavy atom. The lowest BCUT2D eigenvalue weighted by Crippen LogP contribution is -2.26. The average Bonchev–Trinajstić information content (AvgIpc) is 2.86. The third-order valence-electron chi connectivity index (χ3n) is 5.34. The van der Waals surface area contributed by atoms with Crippen LogP contribution in [0, 0.1) is 5.41 Å². The molecule has 1 aromatic heterocycles. The standard InChI is InChI=1S/C24H26F5N5O2S2/c1-31-37(35,36)14-13-34-24-9-6-20(19-4-7-21(8-5-19)38(25,26,27,28)29)15-22(24)23(30)10-12-33-17-18-3-2-11-32-16-18/h2-12,15-16,30-31,33-34H,13-14,17H2,1H3/b12-10-,30-23?. The van der Waals surface area contributed by atoms with Crippen molar-refractivity contribution in [2.75, 3.05) is 24.7 Å². The van der Waals surface area contributed by atoms with E-state index in [1.807, 2.05) is 6.07 Å². The van der Waals surface area contributed by atoms with Gasteiger partial charge in [0.05, 0.1) is 11.5 Å². The highest BCUT2D eigenvalue weighted by molar-refractivity contribution is 8.45. The molecule has 3 aromatic rings. The van der Waals surface area contributed by atoms with E-state index in [1.165, 1.54) is 25.3 Å². The molecule has 0 aliphatic rings. The molecule has 0 unspecified atom stereocenters. The van der Waals surface area contributed by atoms with Gasteiger partial charge in [-0.2, -0.15) is 0 Å². The van der Waals surface area contributed by atoms with E-state index in [4.69, 9.17) is 5.41 Å². The van der Waals surface area contributed by atoms with Crippen LogP contribution in [0.5, 0.6) is 0 Å². The minimum absolute atomic E-state index is 0.00754. The van der Waals surface area contributed by atoms with Crippen molar-refractivity contribution in [3.8, 4) is 11.1 Å². The van der Waals surface area contributed by atoms with Gasteiger partial charge in [0, 0.05) is 36.7 Å². The highest BCUT2D eigenvalue weighted by Gasteiger charge is 2.65. The number of halogens is 5. The van der Waals surface area contributed by atoms with Crippen LogP contribution >= 0.6 is 10.2 Å². The number of rotatable bonds is 12. The van der Waals surface area contributed by atoms with Gasteiger partial charge >= 0.3 is 10.2 Å². The Morgan fingerprint density at radius 1 is 1.03 bits per heavy atom. The summed E-state index contributed by atoms with van der Waals surface area (Å²) in [4.78, 5) is 2.02. The zero-order chi connectivity index (χ0) is 28.1. The van der Waals surface area contributed by atoms with Crippen LogP contribution in [-0.2, 0) is 16.6 Å². The van der Waals surface area contributed by atoms with Crippen molar-refractivity contribution in [1.82, 2.24) is 15.0 Å². The Bertz CT molecular complexity index is 1430. The maximum Gasteiger partial charge on any atom is 0.310 e. The van der Waals surface area contributed by atoms with Gasteiger partial charge in [0.25, 0.3) is 0 Å². The normalized spacial score (nSPS) is 14.1. The average molecular weight is 576 g/mol. The third kappa shape index (κ3) is 8.26. The van der Waals surface area contributed by atoms with Crippen molar-refractivity contribution < 1.29 is 27.8 Å². The first-order valence-electron chi connectivity index (χ1n) is 11.1. The number of anilines is 1. The smallest absolute Gasteiger partial charge is 0.310 e. The molecule has 0 aliphatic heterocycles. The molecular weight excluding hydrogens is 549 g/mol. The number of allylic oxidation sites excluding steroid dienone is 1. The number of nitrogens with zero attached hydrogens (tertiary/aromatic N) is 1. The summed E-state index contributed by atoms with van der Waals surface area (Å²) in [6.45, 7) is 0.466. The number of pyridine rings is 1. The maximum absolute atomic E-state index is 13.1. The minimum atomic E-state index is -9.80. The van der Waals surface area contributed by atoms with E-state index in [2.05, 4.69) is 20.3 Å². The van der Waals surface area contributed by atoms with Gasteiger partial charge < -0.3 is 16.0 Å². The van der Waals surface area contributed by atoms with E-state index in [1.54, 1.807) is 30.7 Å². The lowest BCUT2D eigenvalue weighted by Gasteiger charge is -2.40. The molecule has 0 atom stereocenters. The highest BCUT2D eigenvalue weighted by atomic mass is 32.5. The molecule has 0 amide bonds. The summed E-state index contributed by atoms with van der Waals surface area (Å²) in [6, 6.07) is 10.8. The van der Waals surface area contributed by atoms with Crippen molar-refractivity contribution in [2.24, 2.45) is 0 Å². The predicted octanol–water partition coefficient (Wildman–Crippen LogP) is 6.04. The molecule has 4 N–H and O–H groups in total. The van der Waals surface area contributed by atoms with E-state index >= 15 is 0 Å². The monoisotopic (exact) mass is 575 g/mol. The summed E-state index contributed by atoms with van der Waals surface area (Å²) in [5.74, 6) is -0.240. The van der Waals surface area contributed by atoms with Crippen LogP contribution in [-0.4, -0.2) is 38.5 Å². The number of hydrogen-bond donors (Lipinski definition) is 4. The Labute approximate surface area is 217 Å². The molecule has 0 fully saturated rings. The molecule has 1 heterocycles. The van der Waals surface area contributed by atoms with Crippen LogP contribution in [0.1, 0.15) is 11.1 Å². The molecule has 0 saturated heterocycles. The predicted molar refractivity (Wildman–Crippen MR) is 142 cm³/mol. The van der Waals surface area contributed by atoms with Gasteiger partial charge in [0.2, 0.25) is 10.0 Å². The minimum Gasteiger partial charge on any atom is -0.387 e. The van der Waals surface area contributed by atoms with Crippen LogP contribution in [0.15, 0.2) is 84.2 Å². The van der Waals surface area contributed by atoms with Gasteiger partial charge in [-0.15, -0.1) is 0 Å². The molecular formula is C24H26F5N5O2S2. The van der Waals surface area contributed by atoms with E-state index in [-0.39, 0.29) is 23.6 Å². The van der Waals surface area contributed by atoms with Crippen molar-refractivity contribution in [3.63, 3.8) is 0 Å². The molecule has 0 bridgehead atoms. The molecule has 0 saturated carbocycles. The fourth-order valence-electron chi connectivity index (χ4n) is 3.34. The Balaban J connectivity index is 1.87. The fraction of sp³-hybridized carbons (Fsp3) is 0.167. The van der Waals surface area contributed by atoms with E-state index in [9.17, 15) is 27.8 Å². The molecule has 0 radical (unpaired) electrons. The van der Waals surface area contributed by atoms with Crippen LogP contribution < -0.4 is 15.4 Å². The van der Waals surface area contributed by atoms with Crippen LogP contribution in [0.25, 0.3) is 11.1 Å². The third-order valence-corrected chi connectivity index (χ3v) is 7.86. The van der Waals surface area contributed by atoms with Crippen LogP contribution in [0.3, 0.4) is 0 Å². The van der Waals surface area contributed by atoms with E-state index < -0.39 is 25.1 Å². The van der Waals surface area contributed by atoms with Gasteiger partial charge in [0.1, 0.15) is 4.90 Å². The summed E-state index contributed by atoms with van der Waals surface area (Å²) < 4.78 is 91.1. The molecule has 14 heteroatoms. The Kier molecular flexibility index (Phi) is 7.91. The lowest BCUT2D eigenvalue weighted by molar-refractivity contribution is 0.364. The highest BCUT2D eigenvalue weighted by Crippen LogP contribution is 3.02. The number of hydrogen-bond acceptors (Lipinski definition) is 6. The largest absolute Gasteiger partial charge is 0.387 e. The van der Waals surface area contributed by atoms with Crippen molar-refractivity contribution in [1.29, 1.82) is 5.41 Å². The molecule has 7 nitrogen and oxygen atoms in total. The molecule has 2 aromatic carbocycles.